The lowest BCUT2D eigenvalue weighted by atomic mass is 10.3. The van der Waals surface area contributed by atoms with Crippen LogP contribution in [0.15, 0.2) is 64.4 Å². The van der Waals surface area contributed by atoms with Gasteiger partial charge in [-0.05, 0) is 24.3 Å². The highest BCUT2D eigenvalue weighted by Gasteiger charge is 2.21. The summed E-state index contributed by atoms with van der Waals surface area (Å²) in [5.74, 6) is 0. The summed E-state index contributed by atoms with van der Waals surface area (Å²) in [6.45, 7) is 0. The van der Waals surface area contributed by atoms with Crippen molar-refractivity contribution in [1.29, 1.82) is 0 Å². The van der Waals surface area contributed by atoms with Crippen molar-refractivity contribution in [1.82, 2.24) is 0 Å². The minimum absolute atomic E-state index is 0.0139. The van der Waals surface area contributed by atoms with Crippen molar-refractivity contribution >= 4 is 21.6 Å². The van der Waals surface area contributed by atoms with Crippen LogP contribution in [0.4, 0.5) is 10.5 Å². The predicted molar refractivity (Wildman–Crippen MR) is 71.5 cm³/mol. The van der Waals surface area contributed by atoms with Crippen LogP contribution in [0.25, 0.3) is 0 Å². The number of nitrogens with one attached hydrogen (secondary N) is 1. The Morgan fingerprint density at radius 2 is 1.53 bits per heavy atom. The van der Waals surface area contributed by atoms with Gasteiger partial charge in [0, 0.05) is 0 Å². The maximum atomic E-state index is 12.4. The zero-order chi connectivity index (χ0) is 13.9. The molecule has 0 unspecified atom stereocenters. The number of carbonyl (C=O) groups excluding carboxylic acids is 1. The quantitative estimate of drug-likeness (QED) is 0.898. The lowest BCUT2D eigenvalue weighted by Crippen LogP contribution is -2.20. The summed E-state index contributed by atoms with van der Waals surface area (Å²) < 4.78 is 24.9. The number of para-hydroxylation sites is 1. The van der Waals surface area contributed by atoms with Crippen molar-refractivity contribution in [2.24, 2.45) is 5.73 Å². The van der Waals surface area contributed by atoms with Crippen molar-refractivity contribution in [3.63, 3.8) is 0 Å². The number of urea groups is 1. The zero-order valence-electron chi connectivity index (χ0n) is 9.91. The number of nitrogens with two attached hydrogens (primary N) is 1. The van der Waals surface area contributed by atoms with E-state index in [1.807, 2.05) is 0 Å². The summed E-state index contributed by atoms with van der Waals surface area (Å²) in [6.07, 6.45) is 0. The minimum atomic E-state index is -3.69. The van der Waals surface area contributed by atoms with E-state index in [1.165, 1.54) is 24.3 Å². The Bertz CT molecular complexity index is 697. The molecule has 2 aromatic carbocycles. The molecule has 0 bridgehead atoms. The van der Waals surface area contributed by atoms with Crippen molar-refractivity contribution in [3.05, 3.63) is 54.6 Å². The molecule has 19 heavy (non-hydrogen) atoms. The summed E-state index contributed by atoms with van der Waals surface area (Å²) in [4.78, 5) is 11.1. The molecule has 2 amide bonds. The number of carbonyl (C=O) groups is 1. The highest BCUT2D eigenvalue weighted by Crippen LogP contribution is 2.27. The van der Waals surface area contributed by atoms with Crippen LogP contribution in [-0.4, -0.2) is 14.4 Å². The van der Waals surface area contributed by atoms with E-state index in [4.69, 9.17) is 5.73 Å². The van der Waals surface area contributed by atoms with Crippen LogP contribution in [-0.2, 0) is 9.84 Å². The maximum Gasteiger partial charge on any atom is 0.316 e. The van der Waals surface area contributed by atoms with Crippen molar-refractivity contribution in [2.75, 3.05) is 5.32 Å². The second kappa shape index (κ2) is 5.11. The number of sulfone groups is 1. The molecule has 0 saturated heterocycles. The molecule has 0 aromatic heterocycles. The zero-order valence-corrected chi connectivity index (χ0v) is 10.7. The van der Waals surface area contributed by atoms with Crippen molar-refractivity contribution in [2.45, 2.75) is 9.79 Å². The fraction of sp³-hybridized carbons (Fsp3) is 0. The molecule has 0 saturated carbocycles. The van der Waals surface area contributed by atoms with Crippen LogP contribution in [0.2, 0.25) is 0 Å². The van der Waals surface area contributed by atoms with E-state index in [9.17, 15) is 13.2 Å². The highest BCUT2D eigenvalue weighted by molar-refractivity contribution is 7.91. The maximum absolute atomic E-state index is 12.4. The van der Waals surface area contributed by atoms with Crippen LogP contribution in [0.3, 0.4) is 0 Å². The van der Waals surface area contributed by atoms with Gasteiger partial charge in [0.2, 0.25) is 9.84 Å². The molecule has 0 radical (unpaired) electrons. The smallest absolute Gasteiger partial charge is 0.316 e. The second-order valence-corrected chi connectivity index (χ2v) is 5.72. The van der Waals surface area contributed by atoms with Crippen molar-refractivity contribution < 1.29 is 13.2 Å². The Labute approximate surface area is 111 Å². The Balaban J connectivity index is 2.56. The van der Waals surface area contributed by atoms with Gasteiger partial charge in [0.05, 0.1) is 15.5 Å². The first-order chi connectivity index (χ1) is 9.01. The van der Waals surface area contributed by atoms with E-state index in [1.54, 1.807) is 30.3 Å². The van der Waals surface area contributed by atoms with E-state index < -0.39 is 15.9 Å². The summed E-state index contributed by atoms with van der Waals surface area (Å²) in [6, 6.07) is 13.3. The molecule has 2 aromatic rings. The Morgan fingerprint density at radius 1 is 0.947 bits per heavy atom. The number of primary amides is 1. The van der Waals surface area contributed by atoms with Gasteiger partial charge in [-0.3, -0.25) is 0 Å². The van der Waals surface area contributed by atoms with E-state index in [0.717, 1.165) is 0 Å². The number of benzene rings is 2. The van der Waals surface area contributed by atoms with Gasteiger partial charge in [0.15, 0.2) is 0 Å². The Morgan fingerprint density at radius 3 is 2.16 bits per heavy atom. The molecule has 0 heterocycles. The monoisotopic (exact) mass is 276 g/mol. The third-order valence-corrected chi connectivity index (χ3v) is 4.32. The van der Waals surface area contributed by atoms with Crippen LogP contribution in [0.1, 0.15) is 0 Å². The molecule has 5 nitrogen and oxygen atoms in total. The topological polar surface area (TPSA) is 89.3 Å². The SMILES string of the molecule is NC(=O)Nc1ccccc1S(=O)(=O)c1ccccc1. The van der Waals surface area contributed by atoms with Gasteiger partial charge in [-0.2, -0.15) is 0 Å². The van der Waals surface area contributed by atoms with E-state index >= 15 is 0 Å². The summed E-state index contributed by atoms with van der Waals surface area (Å²) >= 11 is 0. The van der Waals surface area contributed by atoms with Crippen LogP contribution in [0.5, 0.6) is 0 Å². The van der Waals surface area contributed by atoms with Crippen LogP contribution in [0, 0.1) is 0 Å². The Kier molecular flexibility index (Phi) is 3.52. The average molecular weight is 276 g/mol. The van der Waals surface area contributed by atoms with Gasteiger partial charge in [0.25, 0.3) is 0 Å². The molecule has 0 fully saturated rings. The van der Waals surface area contributed by atoms with Crippen LogP contribution < -0.4 is 11.1 Å². The van der Waals surface area contributed by atoms with E-state index in [-0.39, 0.29) is 15.5 Å². The standard InChI is InChI=1S/C13H12N2O3S/c14-13(16)15-11-8-4-5-9-12(11)19(17,18)10-6-2-1-3-7-10/h1-9H,(H3,14,15,16). The number of anilines is 1. The van der Waals surface area contributed by atoms with Crippen molar-refractivity contribution in [3.8, 4) is 0 Å². The van der Waals surface area contributed by atoms with Gasteiger partial charge in [-0.25, -0.2) is 13.2 Å². The molecule has 98 valence electrons. The van der Waals surface area contributed by atoms with Gasteiger partial charge in [-0.15, -0.1) is 0 Å². The van der Waals surface area contributed by atoms with Gasteiger partial charge in [0.1, 0.15) is 0 Å². The number of amides is 2. The predicted octanol–water partition coefficient (Wildman–Crippen LogP) is 2.01. The average Bonchev–Trinajstić information content (AvgIpc) is 2.39. The lowest BCUT2D eigenvalue weighted by molar-refractivity contribution is 0.259. The van der Waals surface area contributed by atoms with Gasteiger partial charge < -0.3 is 11.1 Å². The summed E-state index contributed by atoms with van der Waals surface area (Å²) in [5, 5.41) is 2.31. The number of hydrogen-bond donors (Lipinski definition) is 2. The molecule has 0 aliphatic rings. The van der Waals surface area contributed by atoms with Gasteiger partial charge in [-0.1, -0.05) is 30.3 Å². The fourth-order valence-electron chi connectivity index (χ4n) is 1.66. The molecule has 0 spiro atoms. The van der Waals surface area contributed by atoms with Gasteiger partial charge >= 0.3 is 6.03 Å². The van der Waals surface area contributed by atoms with E-state index in [0.29, 0.717) is 0 Å². The first-order valence-corrected chi connectivity index (χ1v) is 6.96. The normalized spacial score (nSPS) is 10.9. The molecule has 3 N–H and O–H groups in total. The molecular formula is C13H12N2O3S. The van der Waals surface area contributed by atoms with Crippen LogP contribution >= 0.6 is 0 Å². The fourth-order valence-corrected chi connectivity index (χ4v) is 3.10. The number of hydrogen-bond acceptors (Lipinski definition) is 3. The highest BCUT2D eigenvalue weighted by atomic mass is 32.2. The Hall–Kier alpha value is -2.34. The summed E-state index contributed by atoms with van der Waals surface area (Å²) in [7, 11) is -3.69. The molecule has 0 aliphatic heterocycles. The third-order valence-electron chi connectivity index (χ3n) is 2.49. The first-order valence-electron chi connectivity index (χ1n) is 5.47. The first kappa shape index (κ1) is 13.1. The second-order valence-electron chi connectivity index (χ2n) is 3.80. The summed E-state index contributed by atoms with van der Waals surface area (Å²) in [5.41, 5.74) is 5.20. The minimum Gasteiger partial charge on any atom is -0.351 e. The lowest BCUT2D eigenvalue weighted by Gasteiger charge is -2.10. The molecule has 0 aliphatic carbocycles. The van der Waals surface area contributed by atoms with E-state index in [2.05, 4.69) is 5.32 Å². The molecule has 0 atom stereocenters. The largest absolute Gasteiger partial charge is 0.351 e. The third kappa shape index (κ3) is 2.74. The number of rotatable bonds is 3. The molecule has 2 rings (SSSR count). The molecule has 6 heteroatoms. The molecular weight excluding hydrogens is 264 g/mol.